The Morgan fingerprint density at radius 1 is 1.22 bits per heavy atom. The Balaban J connectivity index is 2.52. The third-order valence-corrected chi connectivity index (χ3v) is 4.55. The van der Waals surface area contributed by atoms with Gasteiger partial charge in [-0.1, -0.05) is 0 Å². The van der Waals surface area contributed by atoms with Crippen molar-refractivity contribution in [2.45, 2.75) is 40.7 Å². The van der Waals surface area contributed by atoms with Crippen LogP contribution in [0.15, 0.2) is 12.1 Å². The first kappa shape index (κ1) is 13.1. The van der Waals surface area contributed by atoms with Crippen LogP contribution in [0.5, 0.6) is 0 Å². The minimum atomic E-state index is 0.281. The maximum absolute atomic E-state index is 11.0. The van der Waals surface area contributed by atoms with Gasteiger partial charge in [-0.05, 0) is 52.3 Å². The summed E-state index contributed by atoms with van der Waals surface area (Å²) < 4.78 is 2.25. The molecule has 0 amide bonds. The van der Waals surface area contributed by atoms with Crippen LogP contribution in [0.25, 0.3) is 0 Å². The van der Waals surface area contributed by atoms with E-state index < -0.39 is 0 Å². The van der Waals surface area contributed by atoms with Crippen molar-refractivity contribution in [3.8, 4) is 0 Å². The number of aromatic nitrogens is 1. The molecule has 3 heteroatoms. The van der Waals surface area contributed by atoms with Crippen LogP contribution in [0, 0.1) is 27.7 Å². The van der Waals surface area contributed by atoms with Crippen molar-refractivity contribution < 1.29 is 4.79 Å². The van der Waals surface area contributed by atoms with Gasteiger partial charge in [-0.15, -0.1) is 11.3 Å². The van der Waals surface area contributed by atoms with Crippen LogP contribution in [0.3, 0.4) is 0 Å². The molecule has 0 spiro atoms. The fourth-order valence-corrected chi connectivity index (χ4v) is 3.74. The average Bonchev–Trinajstić information content (AvgIpc) is 2.78. The minimum absolute atomic E-state index is 0.281. The molecule has 2 rings (SSSR count). The molecular formula is C15H19NOS. The third kappa shape index (κ3) is 2.03. The third-order valence-electron chi connectivity index (χ3n) is 3.57. The second-order valence-electron chi connectivity index (χ2n) is 4.86. The molecular weight excluding hydrogens is 242 g/mol. The van der Waals surface area contributed by atoms with Gasteiger partial charge in [0.05, 0.1) is 6.04 Å². The number of hydrogen-bond donors (Lipinski definition) is 0. The Kier molecular flexibility index (Phi) is 3.44. The lowest BCUT2D eigenvalue weighted by molar-refractivity contribution is 0.112. The minimum Gasteiger partial charge on any atom is -0.341 e. The maximum atomic E-state index is 11.0. The maximum Gasteiger partial charge on any atom is 0.151 e. The van der Waals surface area contributed by atoms with Gasteiger partial charge in [0.25, 0.3) is 0 Å². The van der Waals surface area contributed by atoms with Crippen LogP contribution in [-0.4, -0.2) is 10.9 Å². The smallest absolute Gasteiger partial charge is 0.151 e. The zero-order valence-electron chi connectivity index (χ0n) is 11.6. The molecule has 0 aliphatic rings. The summed E-state index contributed by atoms with van der Waals surface area (Å²) in [5.74, 6) is 0. The number of thiophene rings is 1. The monoisotopic (exact) mass is 261 g/mol. The van der Waals surface area contributed by atoms with E-state index >= 15 is 0 Å². The largest absolute Gasteiger partial charge is 0.341 e. The molecule has 0 fully saturated rings. The Morgan fingerprint density at radius 3 is 2.33 bits per heavy atom. The van der Waals surface area contributed by atoms with Crippen molar-refractivity contribution in [3.63, 3.8) is 0 Å². The van der Waals surface area contributed by atoms with Crippen LogP contribution in [-0.2, 0) is 0 Å². The molecule has 0 N–H and O–H groups in total. The van der Waals surface area contributed by atoms with E-state index in [0.717, 1.165) is 23.2 Å². The van der Waals surface area contributed by atoms with Gasteiger partial charge in [-0.3, -0.25) is 4.79 Å². The molecule has 0 bridgehead atoms. The van der Waals surface area contributed by atoms with Gasteiger partial charge in [0.1, 0.15) is 0 Å². The summed E-state index contributed by atoms with van der Waals surface area (Å²) in [5.41, 5.74) is 4.35. The first-order valence-corrected chi connectivity index (χ1v) is 6.98. The summed E-state index contributed by atoms with van der Waals surface area (Å²) in [6.07, 6.45) is 0.942. The molecule has 0 saturated heterocycles. The molecule has 0 aliphatic heterocycles. The van der Waals surface area contributed by atoms with E-state index in [1.807, 2.05) is 24.3 Å². The van der Waals surface area contributed by atoms with Crippen molar-refractivity contribution in [2.75, 3.05) is 0 Å². The number of hydrogen-bond acceptors (Lipinski definition) is 2. The van der Waals surface area contributed by atoms with Gasteiger partial charge in [0.15, 0.2) is 6.29 Å². The quantitative estimate of drug-likeness (QED) is 0.759. The number of nitrogens with zero attached hydrogens (tertiary/aromatic N) is 1. The van der Waals surface area contributed by atoms with Crippen LogP contribution in [0.2, 0.25) is 0 Å². The van der Waals surface area contributed by atoms with Crippen molar-refractivity contribution >= 4 is 17.6 Å². The fourth-order valence-electron chi connectivity index (χ4n) is 2.72. The zero-order chi connectivity index (χ0) is 13.4. The fraction of sp³-hybridized carbons (Fsp3) is 0.400. The van der Waals surface area contributed by atoms with Gasteiger partial charge >= 0.3 is 0 Å². The predicted molar refractivity (Wildman–Crippen MR) is 76.9 cm³/mol. The first-order valence-electron chi connectivity index (χ1n) is 6.16. The normalized spacial score (nSPS) is 12.7. The first-order chi connectivity index (χ1) is 8.45. The lowest BCUT2D eigenvalue weighted by atomic mass is 10.1. The van der Waals surface area contributed by atoms with E-state index in [-0.39, 0.29) is 6.04 Å². The van der Waals surface area contributed by atoms with Crippen LogP contribution < -0.4 is 0 Å². The molecule has 2 nitrogen and oxygen atoms in total. The van der Waals surface area contributed by atoms with Crippen molar-refractivity contribution in [2.24, 2.45) is 0 Å². The number of carbonyl (C=O) groups excluding carboxylic acids is 1. The Morgan fingerprint density at radius 2 is 1.89 bits per heavy atom. The Hall–Kier alpha value is -1.35. The Bertz CT molecular complexity index is 592. The van der Waals surface area contributed by atoms with Crippen molar-refractivity contribution in [3.05, 3.63) is 44.4 Å². The van der Waals surface area contributed by atoms with Crippen LogP contribution in [0.1, 0.15) is 50.0 Å². The predicted octanol–water partition coefficient (Wildman–Crippen LogP) is 4.21. The topological polar surface area (TPSA) is 22.0 Å². The number of rotatable bonds is 3. The van der Waals surface area contributed by atoms with Crippen molar-refractivity contribution in [1.29, 1.82) is 0 Å². The molecule has 2 aromatic rings. The van der Waals surface area contributed by atoms with Crippen LogP contribution in [0.4, 0.5) is 0 Å². The molecule has 1 unspecified atom stereocenters. The van der Waals surface area contributed by atoms with Crippen LogP contribution >= 0.6 is 11.3 Å². The van der Waals surface area contributed by atoms with Gasteiger partial charge in [-0.25, -0.2) is 0 Å². The Labute approximate surface area is 112 Å². The average molecular weight is 261 g/mol. The van der Waals surface area contributed by atoms with E-state index in [1.165, 1.54) is 15.3 Å². The highest BCUT2D eigenvalue weighted by Crippen LogP contribution is 2.31. The molecule has 2 aromatic heterocycles. The molecule has 2 heterocycles. The summed E-state index contributed by atoms with van der Waals surface area (Å²) >= 11 is 1.83. The highest BCUT2D eigenvalue weighted by atomic mass is 32.1. The van der Waals surface area contributed by atoms with E-state index in [0.29, 0.717) is 0 Å². The molecule has 0 radical (unpaired) electrons. The van der Waals surface area contributed by atoms with Gasteiger partial charge in [0, 0.05) is 26.7 Å². The van der Waals surface area contributed by atoms with E-state index in [1.54, 1.807) is 0 Å². The summed E-state index contributed by atoms with van der Waals surface area (Å²) in [6, 6.07) is 4.50. The number of carbonyl (C=O) groups is 1. The molecule has 0 saturated carbocycles. The highest BCUT2D eigenvalue weighted by molar-refractivity contribution is 7.12. The SMILES string of the molecule is Cc1cc(C(C)n2c(C)cc(C=O)c2C)c(C)s1. The molecule has 1 atom stereocenters. The number of aldehydes is 1. The lowest BCUT2D eigenvalue weighted by Gasteiger charge is -2.18. The summed E-state index contributed by atoms with van der Waals surface area (Å²) in [4.78, 5) is 13.7. The molecule has 0 aromatic carbocycles. The summed E-state index contributed by atoms with van der Waals surface area (Å²) in [6.45, 7) is 10.6. The van der Waals surface area contributed by atoms with E-state index in [4.69, 9.17) is 0 Å². The zero-order valence-corrected chi connectivity index (χ0v) is 12.4. The van der Waals surface area contributed by atoms with Gasteiger partial charge in [-0.2, -0.15) is 0 Å². The lowest BCUT2D eigenvalue weighted by Crippen LogP contribution is -2.10. The highest BCUT2D eigenvalue weighted by Gasteiger charge is 2.18. The standard InChI is InChI=1S/C15H19NOS/c1-9-6-14(8-17)11(3)16(9)12(4)15-7-10(2)18-13(15)5/h6-8,12H,1-5H3. The second-order valence-corrected chi connectivity index (χ2v) is 6.32. The summed E-state index contributed by atoms with van der Waals surface area (Å²) in [7, 11) is 0. The van der Waals surface area contributed by atoms with E-state index in [2.05, 4.69) is 38.3 Å². The number of aryl methyl sites for hydroxylation is 3. The van der Waals surface area contributed by atoms with Crippen molar-refractivity contribution in [1.82, 2.24) is 4.57 Å². The van der Waals surface area contributed by atoms with Gasteiger partial charge in [0.2, 0.25) is 0 Å². The molecule has 96 valence electrons. The molecule has 0 aliphatic carbocycles. The second kappa shape index (κ2) is 4.73. The summed E-state index contributed by atoms with van der Waals surface area (Å²) in [5, 5.41) is 0. The molecule has 18 heavy (non-hydrogen) atoms. The van der Waals surface area contributed by atoms with E-state index in [9.17, 15) is 4.79 Å². The van der Waals surface area contributed by atoms with Gasteiger partial charge < -0.3 is 4.57 Å².